The predicted molar refractivity (Wildman–Crippen MR) is 197 cm³/mol. The first-order valence-electron chi connectivity index (χ1n) is 17.4. The Morgan fingerprint density at radius 1 is 0.630 bits per heavy atom. The maximum Gasteiger partial charge on any atom is 0.0320 e. The van der Waals surface area contributed by atoms with E-state index in [1.807, 2.05) is 0 Å². The van der Waals surface area contributed by atoms with Gasteiger partial charge in [0.1, 0.15) is 0 Å². The van der Waals surface area contributed by atoms with E-state index in [1.54, 1.807) is 16.7 Å². The minimum Gasteiger partial charge on any atom is -0.0723 e. The third-order valence-corrected chi connectivity index (χ3v) is 11.6. The van der Waals surface area contributed by atoms with E-state index in [4.69, 9.17) is 0 Å². The van der Waals surface area contributed by atoms with Gasteiger partial charge in [-0.2, -0.15) is 0 Å². The van der Waals surface area contributed by atoms with Gasteiger partial charge in [0.25, 0.3) is 0 Å². The van der Waals surface area contributed by atoms with Crippen molar-refractivity contribution in [1.29, 1.82) is 0 Å². The lowest BCUT2D eigenvalue weighted by molar-refractivity contribution is 0.410. The lowest BCUT2D eigenvalue weighted by Crippen LogP contribution is -2.37. The Balaban J connectivity index is 1.58. The molecule has 236 valence electrons. The third kappa shape index (κ3) is 4.62. The number of allylic oxidation sites excluding steroid dienone is 4. The molecule has 0 nitrogen and oxygen atoms in total. The van der Waals surface area contributed by atoms with Crippen LogP contribution in [0, 0.1) is 11.3 Å². The molecule has 0 aromatic heterocycles. The van der Waals surface area contributed by atoms with Crippen molar-refractivity contribution < 1.29 is 0 Å². The SMILES string of the molecule is CC(C)(C)C1=CC2C(=C1)C(C)(c1ccccc1)CC2(c1ccccc1)c1c(C(C)(C)C)ccc2c1Cc1cc(C(C)(C)C)ccc1-2. The van der Waals surface area contributed by atoms with Gasteiger partial charge in [-0.05, 0) is 84.7 Å². The van der Waals surface area contributed by atoms with Crippen molar-refractivity contribution in [2.75, 3.05) is 0 Å². The number of fused-ring (bicyclic) bond motifs is 4. The molecule has 1 fully saturated rings. The van der Waals surface area contributed by atoms with Gasteiger partial charge in [-0.15, -0.1) is 0 Å². The normalized spacial score (nSPS) is 23.9. The quantitative estimate of drug-likeness (QED) is 0.192. The van der Waals surface area contributed by atoms with E-state index in [2.05, 4.69) is 172 Å². The van der Waals surface area contributed by atoms with E-state index in [9.17, 15) is 0 Å². The first-order chi connectivity index (χ1) is 21.5. The average molecular weight is 605 g/mol. The molecule has 7 rings (SSSR count). The standard InChI is InChI=1S/C46H52/c1-42(2,3)33-21-22-35-30(25-33)26-37-36(35)23-24-38(44(7,8)9)41(37)46(32-19-15-12-16-20-32)29-45(10,31-17-13-11-14-18-31)39-27-34(28-40(39)46)43(4,5)6/h11-25,27-28,40H,26,29H2,1-10H3. The van der Waals surface area contributed by atoms with Gasteiger partial charge < -0.3 is 0 Å². The molecule has 3 aliphatic rings. The van der Waals surface area contributed by atoms with Gasteiger partial charge in [0.2, 0.25) is 0 Å². The van der Waals surface area contributed by atoms with E-state index >= 15 is 0 Å². The van der Waals surface area contributed by atoms with Gasteiger partial charge in [-0.1, -0.05) is 178 Å². The van der Waals surface area contributed by atoms with Crippen LogP contribution >= 0.6 is 0 Å². The van der Waals surface area contributed by atoms with Crippen LogP contribution in [0.3, 0.4) is 0 Å². The zero-order valence-corrected chi connectivity index (χ0v) is 29.8. The van der Waals surface area contributed by atoms with Crippen molar-refractivity contribution in [1.82, 2.24) is 0 Å². The molecule has 0 heterocycles. The third-order valence-electron chi connectivity index (χ3n) is 11.6. The number of benzene rings is 4. The number of hydrogen-bond donors (Lipinski definition) is 0. The van der Waals surface area contributed by atoms with Crippen LogP contribution in [-0.4, -0.2) is 0 Å². The molecule has 46 heavy (non-hydrogen) atoms. The molecule has 0 bridgehead atoms. The molecule has 1 saturated carbocycles. The molecule has 0 heteroatoms. The molecule has 0 radical (unpaired) electrons. The highest BCUT2D eigenvalue weighted by Gasteiger charge is 2.60. The number of rotatable bonds is 3. The van der Waals surface area contributed by atoms with Crippen molar-refractivity contribution >= 4 is 0 Å². The largest absolute Gasteiger partial charge is 0.0723 e. The lowest BCUT2D eigenvalue weighted by Gasteiger charge is -2.42. The summed E-state index contributed by atoms with van der Waals surface area (Å²) < 4.78 is 0. The summed E-state index contributed by atoms with van der Waals surface area (Å²) in [5.74, 6) is 0.274. The summed E-state index contributed by atoms with van der Waals surface area (Å²) in [5, 5.41) is 0. The van der Waals surface area contributed by atoms with Crippen LogP contribution < -0.4 is 0 Å². The molecule has 0 saturated heterocycles. The maximum absolute atomic E-state index is 2.68. The molecular weight excluding hydrogens is 553 g/mol. The van der Waals surface area contributed by atoms with Gasteiger partial charge >= 0.3 is 0 Å². The molecule has 0 amide bonds. The summed E-state index contributed by atoms with van der Waals surface area (Å²) >= 11 is 0. The highest BCUT2D eigenvalue weighted by Crippen LogP contribution is 2.66. The second-order valence-electron chi connectivity index (χ2n) is 17.7. The Morgan fingerprint density at radius 3 is 1.83 bits per heavy atom. The van der Waals surface area contributed by atoms with Crippen LogP contribution in [0.2, 0.25) is 0 Å². The Labute approximate surface area is 278 Å². The van der Waals surface area contributed by atoms with Crippen LogP contribution in [-0.2, 0) is 28.1 Å². The van der Waals surface area contributed by atoms with Crippen molar-refractivity contribution in [3.05, 3.63) is 153 Å². The van der Waals surface area contributed by atoms with E-state index < -0.39 is 0 Å². The fourth-order valence-corrected chi connectivity index (χ4v) is 9.08. The Bertz CT molecular complexity index is 1880. The first-order valence-corrected chi connectivity index (χ1v) is 17.4. The van der Waals surface area contributed by atoms with Gasteiger partial charge in [0.15, 0.2) is 0 Å². The van der Waals surface area contributed by atoms with Gasteiger partial charge in [-0.25, -0.2) is 0 Å². The second-order valence-corrected chi connectivity index (χ2v) is 17.7. The molecule has 0 aliphatic heterocycles. The van der Waals surface area contributed by atoms with Crippen LogP contribution in [0.4, 0.5) is 0 Å². The highest BCUT2D eigenvalue weighted by molar-refractivity contribution is 5.81. The number of hydrogen-bond acceptors (Lipinski definition) is 0. The van der Waals surface area contributed by atoms with Crippen LogP contribution in [0.25, 0.3) is 11.1 Å². The highest BCUT2D eigenvalue weighted by atomic mass is 14.6. The van der Waals surface area contributed by atoms with Crippen LogP contribution in [0.5, 0.6) is 0 Å². The van der Waals surface area contributed by atoms with Crippen molar-refractivity contribution in [2.45, 2.75) is 104 Å². The zero-order chi connectivity index (χ0) is 32.9. The van der Waals surface area contributed by atoms with Gasteiger partial charge in [0, 0.05) is 16.7 Å². The topological polar surface area (TPSA) is 0 Å². The summed E-state index contributed by atoms with van der Waals surface area (Å²) in [6.07, 6.45) is 7.32. The lowest BCUT2D eigenvalue weighted by atomic mass is 9.61. The monoisotopic (exact) mass is 604 g/mol. The predicted octanol–water partition coefficient (Wildman–Crippen LogP) is 12.0. The Hall–Kier alpha value is -3.64. The second kappa shape index (κ2) is 10.2. The summed E-state index contributed by atoms with van der Waals surface area (Å²) in [4.78, 5) is 0. The van der Waals surface area contributed by atoms with E-state index in [-0.39, 0.29) is 33.0 Å². The molecule has 3 atom stereocenters. The van der Waals surface area contributed by atoms with Crippen molar-refractivity contribution in [3.63, 3.8) is 0 Å². The fourth-order valence-electron chi connectivity index (χ4n) is 9.08. The van der Waals surface area contributed by atoms with Gasteiger partial charge in [-0.3, -0.25) is 0 Å². The fraction of sp³-hybridized carbons (Fsp3) is 0.391. The first kappa shape index (κ1) is 31.0. The van der Waals surface area contributed by atoms with E-state index in [0.29, 0.717) is 0 Å². The van der Waals surface area contributed by atoms with Crippen molar-refractivity contribution in [3.8, 4) is 11.1 Å². The molecular formula is C46H52. The van der Waals surface area contributed by atoms with E-state index in [0.717, 1.165) is 12.8 Å². The van der Waals surface area contributed by atoms with Crippen LogP contribution in [0.1, 0.15) is 115 Å². The molecule has 0 N–H and O–H groups in total. The van der Waals surface area contributed by atoms with Crippen LogP contribution in [0.15, 0.2) is 114 Å². The smallest absolute Gasteiger partial charge is 0.0320 e. The Morgan fingerprint density at radius 2 is 1.24 bits per heavy atom. The molecule has 3 unspecified atom stereocenters. The average Bonchev–Trinajstić information content (AvgIpc) is 3.68. The molecule has 4 aromatic carbocycles. The molecule has 0 spiro atoms. The minimum absolute atomic E-state index is 0.0116. The maximum atomic E-state index is 2.68. The Kier molecular flexibility index (Phi) is 6.86. The van der Waals surface area contributed by atoms with Gasteiger partial charge in [0.05, 0.1) is 0 Å². The summed E-state index contributed by atoms with van der Waals surface area (Å²) in [6.45, 7) is 23.9. The zero-order valence-electron chi connectivity index (χ0n) is 29.8. The summed E-state index contributed by atoms with van der Waals surface area (Å²) in [6, 6.07) is 35.2. The summed E-state index contributed by atoms with van der Waals surface area (Å²) in [5.41, 5.74) is 16.2. The van der Waals surface area contributed by atoms with E-state index in [1.165, 1.54) is 44.5 Å². The minimum atomic E-state index is -0.215. The summed E-state index contributed by atoms with van der Waals surface area (Å²) in [7, 11) is 0. The molecule has 3 aliphatic carbocycles. The van der Waals surface area contributed by atoms with Crippen molar-refractivity contribution in [2.24, 2.45) is 11.3 Å². The molecule has 4 aromatic rings.